The molecule has 2 rings (SSSR count). The number of hydrogen-bond acceptors (Lipinski definition) is 3. The molecule has 0 unspecified atom stereocenters. The molecule has 3 nitrogen and oxygen atoms in total. The number of anilines is 1. The summed E-state index contributed by atoms with van der Waals surface area (Å²) in [5.74, 6) is 1.23. The van der Waals surface area contributed by atoms with Crippen molar-refractivity contribution in [2.24, 2.45) is 0 Å². The number of hydrogen-bond donors (Lipinski definition) is 1. The highest BCUT2D eigenvalue weighted by Crippen LogP contribution is 2.25. The van der Waals surface area contributed by atoms with E-state index in [2.05, 4.69) is 0 Å². The van der Waals surface area contributed by atoms with Crippen molar-refractivity contribution in [3.63, 3.8) is 0 Å². The third-order valence-electron chi connectivity index (χ3n) is 2.41. The molecule has 0 aliphatic rings. The van der Waals surface area contributed by atoms with Gasteiger partial charge in [-0.1, -0.05) is 35.3 Å². The number of halogens is 2. The minimum atomic E-state index is 0.372. The van der Waals surface area contributed by atoms with Gasteiger partial charge in [-0.05, 0) is 30.3 Å². The van der Waals surface area contributed by atoms with Crippen LogP contribution in [0.2, 0.25) is 10.0 Å². The Balaban J connectivity index is 1.83. The molecule has 0 fully saturated rings. The number of para-hydroxylation sites is 1. The van der Waals surface area contributed by atoms with Crippen LogP contribution < -0.4 is 15.2 Å². The predicted molar refractivity (Wildman–Crippen MR) is 78.3 cm³/mol. The molecule has 0 amide bonds. The summed E-state index contributed by atoms with van der Waals surface area (Å²) in [6, 6.07) is 12.4. The standard InChI is InChI=1S/C14H13Cl2NO2/c15-10-5-6-14(12(17)9-10)19-8-7-18-13-4-2-1-3-11(13)16/h1-6,9H,7-8,17H2. The van der Waals surface area contributed by atoms with Crippen molar-refractivity contribution in [3.8, 4) is 11.5 Å². The summed E-state index contributed by atoms with van der Waals surface area (Å²) in [7, 11) is 0. The lowest BCUT2D eigenvalue weighted by molar-refractivity contribution is 0.218. The van der Waals surface area contributed by atoms with E-state index in [1.54, 1.807) is 30.3 Å². The summed E-state index contributed by atoms with van der Waals surface area (Å²) in [6.07, 6.45) is 0. The van der Waals surface area contributed by atoms with Crippen LogP contribution in [0.15, 0.2) is 42.5 Å². The molecule has 0 saturated heterocycles. The Kier molecular flexibility index (Phi) is 4.77. The van der Waals surface area contributed by atoms with Gasteiger partial charge < -0.3 is 15.2 Å². The first-order valence-electron chi connectivity index (χ1n) is 5.72. The van der Waals surface area contributed by atoms with Crippen molar-refractivity contribution < 1.29 is 9.47 Å². The first kappa shape index (κ1) is 13.8. The second-order valence-electron chi connectivity index (χ2n) is 3.81. The van der Waals surface area contributed by atoms with Crippen LogP contribution in [0.1, 0.15) is 0 Å². The fourth-order valence-electron chi connectivity index (χ4n) is 1.52. The molecule has 0 aliphatic heterocycles. The first-order valence-corrected chi connectivity index (χ1v) is 6.47. The Hall–Kier alpha value is -1.58. The molecule has 19 heavy (non-hydrogen) atoms. The van der Waals surface area contributed by atoms with Gasteiger partial charge in [-0.25, -0.2) is 0 Å². The summed E-state index contributed by atoms with van der Waals surface area (Å²) in [5.41, 5.74) is 6.27. The molecule has 2 N–H and O–H groups in total. The van der Waals surface area contributed by atoms with E-state index in [9.17, 15) is 0 Å². The number of nitrogen functional groups attached to an aromatic ring is 1. The van der Waals surface area contributed by atoms with Gasteiger partial charge in [0.1, 0.15) is 24.7 Å². The van der Waals surface area contributed by atoms with Gasteiger partial charge in [0.25, 0.3) is 0 Å². The van der Waals surface area contributed by atoms with Gasteiger partial charge in [0.15, 0.2) is 0 Å². The number of nitrogens with two attached hydrogens (primary N) is 1. The first-order chi connectivity index (χ1) is 9.16. The highest BCUT2D eigenvalue weighted by atomic mass is 35.5. The van der Waals surface area contributed by atoms with Crippen molar-refractivity contribution in [2.45, 2.75) is 0 Å². The van der Waals surface area contributed by atoms with Gasteiger partial charge in [-0.15, -0.1) is 0 Å². The second kappa shape index (κ2) is 6.55. The van der Waals surface area contributed by atoms with Gasteiger partial charge in [0, 0.05) is 5.02 Å². The number of benzene rings is 2. The smallest absolute Gasteiger partial charge is 0.142 e. The zero-order valence-corrected chi connectivity index (χ0v) is 11.6. The second-order valence-corrected chi connectivity index (χ2v) is 4.65. The van der Waals surface area contributed by atoms with Crippen LogP contribution in [0.3, 0.4) is 0 Å². The average molecular weight is 298 g/mol. The SMILES string of the molecule is Nc1cc(Cl)ccc1OCCOc1ccccc1Cl. The average Bonchev–Trinajstić information content (AvgIpc) is 2.38. The lowest BCUT2D eigenvalue weighted by Gasteiger charge is -2.11. The molecule has 0 radical (unpaired) electrons. The van der Waals surface area contributed by atoms with Crippen LogP contribution in [-0.2, 0) is 0 Å². The van der Waals surface area contributed by atoms with Gasteiger partial charge in [0.05, 0.1) is 10.7 Å². The number of ether oxygens (including phenoxy) is 2. The molecule has 100 valence electrons. The summed E-state index contributed by atoms with van der Waals surface area (Å²) in [5, 5.41) is 1.16. The van der Waals surface area contributed by atoms with E-state index in [1.807, 2.05) is 12.1 Å². The van der Waals surface area contributed by atoms with E-state index < -0.39 is 0 Å². The van der Waals surface area contributed by atoms with Crippen LogP contribution in [-0.4, -0.2) is 13.2 Å². The van der Waals surface area contributed by atoms with E-state index in [-0.39, 0.29) is 0 Å². The minimum absolute atomic E-state index is 0.372. The van der Waals surface area contributed by atoms with Gasteiger partial charge in [-0.2, -0.15) is 0 Å². The predicted octanol–water partition coefficient (Wildman–Crippen LogP) is 4.03. The van der Waals surface area contributed by atoms with Crippen molar-refractivity contribution >= 4 is 28.9 Å². The zero-order valence-electron chi connectivity index (χ0n) is 10.1. The Labute approximate surface area is 121 Å². The molecule has 2 aromatic rings. The molecule has 0 saturated carbocycles. The lowest BCUT2D eigenvalue weighted by Crippen LogP contribution is -2.10. The molecule has 0 aliphatic carbocycles. The summed E-state index contributed by atoms with van der Waals surface area (Å²) >= 11 is 11.8. The maximum absolute atomic E-state index is 5.96. The summed E-state index contributed by atoms with van der Waals surface area (Å²) in [6.45, 7) is 0.753. The molecule has 0 atom stereocenters. The van der Waals surface area contributed by atoms with Crippen LogP contribution in [0.4, 0.5) is 5.69 Å². The molecule has 0 aromatic heterocycles. The highest BCUT2D eigenvalue weighted by molar-refractivity contribution is 6.32. The molecule has 0 bridgehead atoms. The van der Waals surface area contributed by atoms with Gasteiger partial charge in [0.2, 0.25) is 0 Å². The van der Waals surface area contributed by atoms with Crippen LogP contribution >= 0.6 is 23.2 Å². The molecule has 0 heterocycles. The maximum Gasteiger partial charge on any atom is 0.142 e. The molecule has 5 heteroatoms. The monoisotopic (exact) mass is 297 g/mol. The Morgan fingerprint density at radius 3 is 2.26 bits per heavy atom. The quantitative estimate of drug-likeness (QED) is 0.669. The van der Waals surface area contributed by atoms with Gasteiger partial charge in [-0.3, -0.25) is 0 Å². The molecule has 0 spiro atoms. The van der Waals surface area contributed by atoms with E-state index in [1.165, 1.54) is 0 Å². The van der Waals surface area contributed by atoms with Crippen molar-refractivity contribution in [1.29, 1.82) is 0 Å². The van der Waals surface area contributed by atoms with Crippen LogP contribution in [0.5, 0.6) is 11.5 Å². The van der Waals surface area contributed by atoms with Crippen molar-refractivity contribution in [2.75, 3.05) is 18.9 Å². The fraction of sp³-hybridized carbons (Fsp3) is 0.143. The Bertz CT molecular complexity index is 561. The third kappa shape index (κ3) is 3.94. The highest BCUT2D eigenvalue weighted by Gasteiger charge is 2.02. The molecule has 2 aromatic carbocycles. The Morgan fingerprint density at radius 1 is 0.895 bits per heavy atom. The molecular weight excluding hydrogens is 285 g/mol. The van der Waals surface area contributed by atoms with Crippen LogP contribution in [0, 0.1) is 0 Å². The maximum atomic E-state index is 5.96. The number of rotatable bonds is 5. The van der Waals surface area contributed by atoms with E-state index in [0.29, 0.717) is 40.4 Å². The summed E-state index contributed by atoms with van der Waals surface area (Å²) in [4.78, 5) is 0. The van der Waals surface area contributed by atoms with E-state index in [4.69, 9.17) is 38.4 Å². The zero-order chi connectivity index (χ0) is 13.7. The largest absolute Gasteiger partial charge is 0.488 e. The van der Waals surface area contributed by atoms with E-state index >= 15 is 0 Å². The van der Waals surface area contributed by atoms with Crippen molar-refractivity contribution in [3.05, 3.63) is 52.5 Å². The van der Waals surface area contributed by atoms with Crippen LogP contribution in [0.25, 0.3) is 0 Å². The Morgan fingerprint density at radius 2 is 1.58 bits per heavy atom. The minimum Gasteiger partial charge on any atom is -0.488 e. The van der Waals surface area contributed by atoms with Crippen molar-refractivity contribution in [1.82, 2.24) is 0 Å². The third-order valence-corrected chi connectivity index (χ3v) is 2.95. The molecular formula is C14H13Cl2NO2. The normalized spacial score (nSPS) is 10.2. The summed E-state index contributed by atoms with van der Waals surface area (Å²) < 4.78 is 11.0. The van der Waals surface area contributed by atoms with E-state index in [0.717, 1.165) is 0 Å². The lowest BCUT2D eigenvalue weighted by atomic mass is 10.3. The fourth-order valence-corrected chi connectivity index (χ4v) is 1.89. The van der Waals surface area contributed by atoms with Gasteiger partial charge >= 0.3 is 0 Å². The topological polar surface area (TPSA) is 44.5 Å².